The Morgan fingerprint density at radius 2 is 2.18 bits per heavy atom. The Kier molecular flexibility index (Phi) is 5.20. The molecule has 0 radical (unpaired) electrons. The van der Waals surface area contributed by atoms with E-state index in [1.165, 1.54) is 16.7 Å². The van der Waals surface area contributed by atoms with Crippen molar-refractivity contribution in [3.8, 4) is 11.5 Å². The van der Waals surface area contributed by atoms with Gasteiger partial charge in [-0.25, -0.2) is 4.79 Å². The van der Waals surface area contributed by atoms with Crippen LogP contribution in [0.15, 0.2) is 42.1 Å². The Balaban J connectivity index is 1.49. The van der Waals surface area contributed by atoms with Crippen LogP contribution in [0.3, 0.4) is 0 Å². The molecule has 2 aromatic rings. The van der Waals surface area contributed by atoms with E-state index in [9.17, 15) is 9.59 Å². The van der Waals surface area contributed by atoms with Gasteiger partial charge >= 0.3 is 6.03 Å². The molecule has 1 aromatic heterocycles. The smallest absolute Gasteiger partial charge is 0.324 e. The Morgan fingerprint density at radius 3 is 2.93 bits per heavy atom. The third-order valence-corrected chi connectivity index (χ3v) is 5.29. The van der Waals surface area contributed by atoms with Gasteiger partial charge in [0.1, 0.15) is 6.61 Å². The van der Waals surface area contributed by atoms with Crippen molar-refractivity contribution in [3.63, 3.8) is 0 Å². The van der Waals surface area contributed by atoms with Crippen LogP contribution in [-0.2, 0) is 11.3 Å². The van der Waals surface area contributed by atoms with E-state index < -0.39 is 6.10 Å². The maximum absolute atomic E-state index is 12.3. The van der Waals surface area contributed by atoms with E-state index in [4.69, 9.17) is 9.47 Å². The number of benzene rings is 1. The predicted octanol–water partition coefficient (Wildman–Crippen LogP) is 1.62. The number of aromatic nitrogens is 3. The molecule has 3 amide bonds. The third-order valence-electron chi connectivity index (χ3n) is 4.34. The van der Waals surface area contributed by atoms with E-state index in [-0.39, 0.29) is 17.7 Å². The number of rotatable bonds is 6. The summed E-state index contributed by atoms with van der Waals surface area (Å²) in [7, 11) is 0. The maximum atomic E-state index is 12.3. The summed E-state index contributed by atoms with van der Waals surface area (Å²) >= 11 is 1.23. The molecule has 0 bridgehead atoms. The number of urea groups is 1. The van der Waals surface area contributed by atoms with Gasteiger partial charge in [0.25, 0.3) is 0 Å². The van der Waals surface area contributed by atoms with Crippen LogP contribution in [-0.4, -0.2) is 57.1 Å². The second kappa shape index (κ2) is 7.93. The third kappa shape index (κ3) is 3.55. The van der Waals surface area contributed by atoms with E-state index in [1.807, 2.05) is 28.8 Å². The number of fused-ring (bicyclic) bond motifs is 1. The second-order valence-electron chi connectivity index (χ2n) is 6.17. The Hall–Kier alpha value is -3.01. The maximum Gasteiger partial charge on any atom is 0.324 e. The molecule has 0 spiro atoms. The highest BCUT2D eigenvalue weighted by molar-refractivity contribution is 7.99. The first-order chi connectivity index (χ1) is 13.7. The number of hydrogen-bond acceptors (Lipinski definition) is 7. The van der Waals surface area contributed by atoms with E-state index in [0.717, 1.165) is 0 Å². The molecule has 0 aliphatic carbocycles. The first-order valence-corrected chi connectivity index (χ1v) is 9.79. The zero-order valence-corrected chi connectivity index (χ0v) is 15.9. The quantitative estimate of drug-likeness (QED) is 0.580. The second-order valence-corrected chi connectivity index (χ2v) is 7.11. The Labute approximate surface area is 165 Å². The number of carbonyl (C=O) groups is 2. The number of nitrogens with zero attached hydrogens (tertiary/aromatic N) is 4. The zero-order valence-electron chi connectivity index (χ0n) is 15.0. The molecule has 146 valence electrons. The number of hydrogen-bond donors (Lipinski definition) is 1. The highest BCUT2D eigenvalue weighted by Crippen LogP contribution is 2.36. The molecule has 2 aliphatic rings. The molecule has 28 heavy (non-hydrogen) atoms. The lowest BCUT2D eigenvalue weighted by Crippen LogP contribution is -2.35. The van der Waals surface area contributed by atoms with Crippen LogP contribution in [0.25, 0.3) is 0 Å². The van der Waals surface area contributed by atoms with Crippen LogP contribution in [0.2, 0.25) is 0 Å². The fraction of sp³-hybridized carbons (Fsp3) is 0.333. The molecule has 1 atom stereocenters. The van der Waals surface area contributed by atoms with Gasteiger partial charge in [-0.15, -0.1) is 16.8 Å². The highest BCUT2D eigenvalue weighted by atomic mass is 32.2. The molecule has 0 saturated carbocycles. The summed E-state index contributed by atoms with van der Waals surface area (Å²) < 4.78 is 13.6. The molecule has 1 saturated heterocycles. The van der Waals surface area contributed by atoms with Crippen molar-refractivity contribution in [2.45, 2.75) is 17.8 Å². The van der Waals surface area contributed by atoms with Crippen molar-refractivity contribution in [1.82, 2.24) is 25.0 Å². The topological polar surface area (TPSA) is 98.6 Å². The van der Waals surface area contributed by atoms with Gasteiger partial charge in [0, 0.05) is 19.6 Å². The Bertz CT molecular complexity index is 915. The molecule has 9 nitrogen and oxygen atoms in total. The number of amides is 3. The van der Waals surface area contributed by atoms with E-state index in [2.05, 4.69) is 22.1 Å². The number of allylic oxidation sites excluding steroid dienone is 1. The first-order valence-electron chi connectivity index (χ1n) is 8.81. The fourth-order valence-electron chi connectivity index (χ4n) is 3.01. The van der Waals surface area contributed by atoms with Crippen LogP contribution in [0, 0.1) is 0 Å². The zero-order chi connectivity index (χ0) is 19.5. The lowest BCUT2D eigenvalue weighted by Gasteiger charge is -2.26. The van der Waals surface area contributed by atoms with Crippen molar-refractivity contribution < 1.29 is 19.1 Å². The van der Waals surface area contributed by atoms with Crippen LogP contribution >= 0.6 is 11.8 Å². The van der Waals surface area contributed by atoms with Crippen molar-refractivity contribution in [3.05, 3.63) is 42.7 Å². The van der Waals surface area contributed by atoms with Crippen molar-refractivity contribution in [1.29, 1.82) is 0 Å². The number of nitrogens with one attached hydrogen (secondary N) is 1. The molecule has 1 fully saturated rings. The fourth-order valence-corrected chi connectivity index (χ4v) is 3.84. The minimum Gasteiger partial charge on any atom is -0.485 e. The predicted molar refractivity (Wildman–Crippen MR) is 101 cm³/mol. The lowest BCUT2D eigenvalue weighted by molar-refractivity contribution is -0.124. The van der Waals surface area contributed by atoms with Gasteiger partial charge in [0.15, 0.2) is 28.6 Å². The lowest BCUT2D eigenvalue weighted by atomic mass is 10.2. The molecule has 0 unspecified atom stereocenters. The van der Waals surface area contributed by atoms with Gasteiger partial charge in [-0.05, 0) is 12.1 Å². The normalized spacial score (nSPS) is 18.1. The summed E-state index contributed by atoms with van der Waals surface area (Å²) in [5.74, 6) is 1.77. The highest BCUT2D eigenvalue weighted by Gasteiger charge is 2.30. The summed E-state index contributed by atoms with van der Waals surface area (Å²) in [6.07, 6.45) is 1.31. The van der Waals surface area contributed by atoms with Crippen LogP contribution < -0.4 is 14.8 Å². The molecule has 10 heteroatoms. The largest absolute Gasteiger partial charge is 0.485 e. The van der Waals surface area contributed by atoms with Crippen molar-refractivity contribution in [2.24, 2.45) is 0 Å². The van der Waals surface area contributed by atoms with Crippen LogP contribution in [0.5, 0.6) is 11.5 Å². The van der Waals surface area contributed by atoms with Gasteiger partial charge in [-0.3, -0.25) is 14.3 Å². The molecule has 1 N–H and O–H groups in total. The minimum absolute atomic E-state index is 0.0908. The Morgan fingerprint density at radius 1 is 1.36 bits per heavy atom. The monoisotopic (exact) mass is 401 g/mol. The number of carbonyl (C=O) groups excluding carboxylic acids is 2. The molecule has 4 rings (SSSR count). The summed E-state index contributed by atoms with van der Waals surface area (Å²) in [4.78, 5) is 25.1. The van der Waals surface area contributed by atoms with E-state index >= 15 is 0 Å². The number of thioether (sulfide) groups is 1. The number of imide groups is 1. The number of ether oxygens (including phenoxy) is 2. The molecular weight excluding hydrogens is 382 g/mol. The van der Waals surface area contributed by atoms with Gasteiger partial charge in [0.05, 0.1) is 5.75 Å². The van der Waals surface area contributed by atoms with Gasteiger partial charge in [0.2, 0.25) is 5.91 Å². The van der Waals surface area contributed by atoms with Gasteiger partial charge in [-0.2, -0.15) is 0 Å². The minimum atomic E-state index is -0.420. The summed E-state index contributed by atoms with van der Waals surface area (Å²) in [6.45, 7) is 5.42. The standard InChI is InChI=1S/C18H19N5O4S/c1-2-8-23-16(14-10-26-12-5-3-4-6-13(12)27-14)20-21-18(23)28-11-15(24)22-9-7-19-17(22)25/h2-6,14H,1,7-11H2,(H,19,25)/t14-/m1/s1. The average Bonchev–Trinajstić information content (AvgIpc) is 3.32. The number of para-hydroxylation sites is 2. The van der Waals surface area contributed by atoms with E-state index in [0.29, 0.717) is 48.7 Å². The molecule has 1 aromatic carbocycles. The summed E-state index contributed by atoms with van der Waals surface area (Å²) in [5.41, 5.74) is 0. The van der Waals surface area contributed by atoms with Gasteiger partial charge in [-0.1, -0.05) is 30.0 Å². The summed E-state index contributed by atoms with van der Waals surface area (Å²) in [6, 6.07) is 7.09. The van der Waals surface area contributed by atoms with Crippen LogP contribution in [0.1, 0.15) is 11.9 Å². The van der Waals surface area contributed by atoms with Gasteiger partial charge < -0.3 is 14.8 Å². The molecule has 2 aliphatic heterocycles. The van der Waals surface area contributed by atoms with E-state index in [1.54, 1.807) is 6.08 Å². The molecular formula is C18H19N5O4S. The van der Waals surface area contributed by atoms with Crippen molar-refractivity contribution >= 4 is 23.7 Å². The van der Waals surface area contributed by atoms with Crippen molar-refractivity contribution in [2.75, 3.05) is 25.4 Å². The average molecular weight is 401 g/mol. The van der Waals surface area contributed by atoms with Crippen LogP contribution in [0.4, 0.5) is 4.79 Å². The SMILES string of the molecule is C=CCn1c(SCC(=O)N2CCNC2=O)nnc1[C@H]1COc2ccccc2O1. The molecule has 3 heterocycles. The first kappa shape index (κ1) is 18.4. The summed E-state index contributed by atoms with van der Waals surface area (Å²) in [5, 5.41) is 11.6.